The number of carbonyl (C=O) groups excluding carboxylic acids is 2. The largest absolute Gasteiger partial charge is 0.448 e. The molecule has 2 unspecified atom stereocenters. The van der Waals surface area contributed by atoms with Gasteiger partial charge in [-0.3, -0.25) is 9.78 Å². The van der Waals surface area contributed by atoms with Crippen molar-refractivity contribution in [2.45, 2.75) is 57.0 Å². The van der Waals surface area contributed by atoms with Gasteiger partial charge >= 0.3 is 6.09 Å². The van der Waals surface area contributed by atoms with Crippen molar-refractivity contribution in [3.05, 3.63) is 89.2 Å². The third kappa shape index (κ3) is 3.93. The van der Waals surface area contributed by atoms with Crippen LogP contribution in [0.5, 0.6) is 0 Å². The van der Waals surface area contributed by atoms with E-state index in [1.54, 1.807) is 12.4 Å². The molecule has 2 bridgehead atoms. The maximum absolute atomic E-state index is 13.4. The first-order valence-electron chi connectivity index (χ1n) is 12.7. The van der Waals surface area contributed by atoms with Crippen molar-refractivity contribution in [2.75, 3.05) is 6.61 Å². The maximum Gasteiger partial charge on any atom is 0.410 e. The Bertz CT molecular complexity index is 1230. The molecule has 0 spiro atoms. The number of hydrogen-bond acceptors (Lipinski definition) is 4. The first-order chi connectivity index (χ1) is 17.1. The van der Waals surface area contributed by atoms with Crippen LogP contribution in [0.2, 0.25) is 0 Å². The molecule has 0 N–H and O–H groups in total. The van der Waals surface area contributed by atoms with E-state index in [0.29, 0.717) is 25.0 Å². The average Bonchev–Trinajstić information content (AvgIpc) is 3.20. The molecule has 35 heavy (non-hydrogen) atoms. The van der Waals surface area contributed by atoms with E-state index in [-0.39, 0.29) is 35.8 Å². The van der Waals surface area contributed by atoms with Crippen molar-refractivity contribution in [1.29, 1.82) is 0 Å². The van der Waals surface area contributed by atoms with Crippen molar-refractivity contribution in [3.63, 3.8) is 0 Å². The summed E-state index contributed by atoms with van der Waals surface area (Å²) in [5, 5.41) is 0. The zero-order valence-corrected chi connectivity index (χ0v) is 20.0. The molecule has 3 aromatic rings. The minimum atomic E-state index is -0.232. The van der Waals surface area contributed by atoms with Crippen molar-refractivity contribution in [2.24, 2.45) is 5.92 Å². The summed E-state index contributed by atoms with van der Waals surface area (Å²) < 4.78 is 6.00. The Morgan fingerprint density at radius 3 is 2.20 bits per heavy atom. The summed E-state index contributed by atoms with van der Waals surface area (Å²) >= 11 is 0. The number of amides is 1. The van der Waals surface area contributed by atoms with Gasteiger partial charge in [0.15, 0.2) is 5.78 Å². The van der Waals surface area contributed by atoms with Gasteiger partial charge in [0.25, 0.3) is 0 Å². The molecule has 3 heterocycles. The van der Waals surface area contributed by atoms with Crippen molar-refractivity contribution in [1.82, 2.24) is 9.88 Å². The topological polar surface area (TPSA) is 59.5 Å². The SMILES string of the molecule is Cc1cncc(C(=O)C2CC3CCCC(C2)N3C(=O)OCC2c3ccccc3-c3ccccc32)c1. The van der Waals surface area contributed by atoms with Crippen LogP contribution in [-0.4, -0.2) is 40.5 Å². The van der Waals surface area contributed by atoms with Gasteiger partial charge in [-0.25, -0.2) is 4.79 Å². The fourth-order valence-electron chi connectivity index (χ4n) is 6.49. The number of fused-ring (bicyclic) bond motifs is 5. The number of ether oxygens (including phenoxy) is 1. The van der Waals surface area contributed by atoms with Gasteiger partial charge in [-0.1, -0.05) is 48.5 Å². The Morgan fingerprint density at radius 2 is 1.57 bits per heavy atom. The zero-order valence-electron chi connectivity index (χ0n) is 20.0. The second-order valence-corrected chi connectivity index (χ2v) is 10.2. The van der Waals surface area contributed by atoms with E-state index in [4.69, 9.17) is 4.74 Å². The van der Waals surface area contributed by atoms with Crippen LogP contribution in [0.1, 0.15) is 65.1 Å². The molecule has 0 radical (unpaired) electrons. The molecule has 2 aromatic carbocycles. The molecule has 1 aliphatic carbocycles. The van der Waals surface area contributed by atoms with Gasteiger partial charge in [0.05, 0.1) is 0 Å². The minimum Gasteiger partial charge on any atom is -0.448 e. The minimum absolute atomic E-state index is 0.0547. The normalized spacial score (nSPS) is 22.9. The molecule has 1 amide bonds. The van der Waals surface area contributed by atoms with E-state index < -0.39 is 0 Å². The maximum atomic E-state index is 13.4. The molecule has 2 fully saturated rings. The van der Waals surface area contributed by atoms with E-state index in [1.807, 2.05) is 17.9 Å². The summed E-state index contributed by atoms with van der Waals surface area (Å²) in [6.07, 6.45) is 7.56. The van der Waals surface area contributed by atoms with E-state index in [2.05, 4.69) is 53.5 Å². The molecular formula is C30H30N2O3. The number of aromatic nitrogens is 1. The summed E-state index contributed by atoms with van der Waals surface area (Å²) in [6, 6.07) is 18.8. The molecule has 2 atom stereocenters. The molecule has 2 aliphatic heterocycles. The second-order valence-electron chi connectivity index (χ2n) is 10.2. The molecule has 3 aliphatic rings. The lowest BCUT2D eigenvalue weighted by Gasteiger charge is -2.47. The van der Waals surface area contributed by atoms with Crippen molar-refractivity contribution in [3.8, 4) is 11.1 Å². The summed E-state index contributed by atoms with van der Waals surface area (Å²) in [5.41, 5.74) is 6.57. The van der Waals surface area contributed by atoms with Crippen LogP contribution in [0.3, 0.4) is 0 Å². The first kappa shape index (κ1) is 22.0. The monoisotopic (exact) mass is 466 g/mol. The first-order valence-corrected chi connectivity index (χ1v) is 12.7. The molecule has 0 saturated carbocycles. The van der Waals surface area contributed by atoms with Crippen LogP contribution < -0.4 is 0 Å². The number of benzene rings is 2. The Balaban J connectivity index is 1.17. The number of Topliss-reactive ketones (excluding diaryl/α,β-unsaturated/α-hetero) is 1. The van der Waals surface area contributed by atoms with E-state index in [1.165, 1.54) is 22.3 Å². The van der Waals surface area contributed by atoms with Crippen LogP contribution in [0, 0.1) is 12.8 Å². The highest BCUT2D eigenvalue weighted by atomic mass is 16.6. The van der Waals surface area contributed by atoms with Gasteiger partial charge in [-0.15, -0.1) is 0 Å². The fraction of sp³-hybridized carbons (Fsp3) is 0.367. The van der Waals surface area contributed by atoms with Gasteiger partial charge < -0.3 is 9.64 Å². The lowest BCUT2D eigenvalue weighted by molar-refractivity contribution is 0.00650. The number of rotatable bonds is 4. The van der Waals surface area contributed by atoms with Crippen LogP contribution in [0.4, 0.5) is 4.79 Å². The molecule has 5 heteroatoms. The molecule has 6 rings (SSSR count). The standard InChI is InChI=1S/C30H30N2O3/c1-19-13-21(17-31-16-19)29(33)20-14-22-7-6-8-23(15-20)32(22)30(34)35-18-28-26-11-4-2-9-24(26)25-10-3-5-12-27(25)28/h2-5,9-13,16-17,20,22-23,28H,6-8,14-15,18H2,1H3. The number of pyridine rings is 1. The van der Waals surface area contributed by atoms with Crippen molar-refractivity contribution < 1.29 is 14.3 Å². The van der Waals surface area contributed by atoms with Gasteiger partial charge in [0.1, 0.15) is 6.61 Å². The number of ketones is 1. The van der Waals surface area contributed by atoms with Crippen LogP contribution in [0.15, 0.2) is 67.0 Å². The summed E-state index contributed by atoms with van der Waals surface area (Å²) in [4.78, 5) is 32.8. The highest BCUT2D eigenvalue weighted by Gasteiger charge is 2.44. The summed E-state index contributed by atoms with van der Waals surface area (Å²) in [6.45, 7) is 2.29. The Hall–Kier alpha value is -3.47. The number of piperidine rings is 2. The van der Waals surface area contributed by atoms with Crippen LogP contribution in [-0.2, 0) is 4.74 Å². The molecule has 178 valence electrons. The second kappa shape index (κ2) is 8.95. The predicted molar refractivity (Wildman–Crippen MR) is 134 cm³/mol. The van der Waals surface area contributed by atoms with Crippen LogP contribution >= 0.6 is 0 Å². The average molecular weight is 467 g/mol. The zero-order chi connectivity index (χ0) is 23.9. The fourth-order valence-corrected chi connectivity index (χ4v) is 6.49. The highest BCUT2D eigenvalue weighted by Crippen LogP contribution is 2.45. The summed E-state index contributed by atoms with van der Waals surface area (Å²) in [7, 11) is 0. The number of nitrogens with zero attached hydrogens (tertiary/aromatic N) is 2. The van der Waals surface area contributed by atoms with Crippen LogP contribution in [0.25, 0.3) is 11.1 Å². The molecular weight excluding hydrogens is 436 g/mol. The predicted octanol–water partition coefficient (Wildman–Crippen LogP) is 6.15. The smallest absolute Gasteiger partial charge is 0.410 e. The van der Waals surface area contributed by atoms with Crippen molar-refractivity contribution >= 4 is 11.9 Å². The van der Waals surface area contributed by atoms with Gasteiger partial charge in [0, 0.05) is 41.9 Å². The molecule has 5 nitrogen and oxygen atoms in total. The molecule has 2 saturated heterocycles. The molecule has 1 aromatic heterocycles. The summed E-state index contributed by atoms with van der Waals surface area (Å²) in [5.74, 6) is 0.149. The Labute approximate surface area is 206 Å². The van der Waals surface area contributed by atoms with Gasteiger partial charge in [0.2, 0.25) is 0 Å². The van der Waals surface area contributed by atoms with Gasteiger partial charge in [-0.05, 0) is 72.9 Å². The Morgan fingerprint density at radius 1 is 0.943 bits per heavy atom. The highest BCUT2D eigenvalue weighted by molar-refractivity contribution is 5.98. The van der Waals surface area contributed by atoms with E-state index in [9.17, 15) is 9.59 Å². The van der Waals surface area contributed by atoms with E-state index >= 15 is 0 Å². The lowest BCUT2D eigenvalue weighted by Crippen LogP contribution is -2.55. The third-order valence-corrected chi connectivity index (χ3v) is 8.05. The van der Waals surface area contributed by atoms with Gasteiger partial charge in [-0.2, -0.15) is 0 Å². The number of hydrogen-bond donors (Lipinski definition) is 0. The lowest BCUT2D eigenvalue weighted by atomic mass is 9.76. The number of carbonyl (C=O) groups is 2. The Kier molecular flexibility index (Phi) is 5.63. The quantitative estimate of drug-likeness (QED) is 0.433. The third-order valence-electron chi connectivity index (χ3n) is 8.05. The number of aryl methyl sites for hydroxylation is 1. The van der Waals surface area contributed by atoms with E-state index in [0.717, 1.165) is 24.8 Å².